The van der Waals surface area contributed by atoms with E-state index in [1.54, 1.807) is 0 Å². The number of hydrogen-bond acceptors (Lipinski definition) is 26. The van der Waals surface area contributed by atoms with Crippen molar-refractivity contribution in [3.8, 4) is 57.1 Å². The third kappa shape index (κ3) is 18.5. The van der Waals surface area contributed by atoms with E-state index in [2.05, 4.69) is 37.2 Å². The van der Waals surface area contributed by atoms with Gasteiger partial charge in [0.15, 0.2) is 29.9 Å². The van der Waals surface area contributed by atoms with Gasteiger partial charge in [-0.05, 0) is 110 Å². The second-order valence-electron chi connectivity index (χ2n) is 26.2. The molecule has 106 heavy (non-hydrogen) atoms. The molecule has 0 radical (unpaired) electrons. The first kappa shape index (κ1) is 81.0. The molecule has 7 heterocycles. The number of phenols is 3. The van der Waals surface area contributed by atoms with Crippen LogP contribution in [0.3, 0.4) is 0 Å². The minimum atomic E-state index is -4.64. The van der Waals surface area contributed by atoms with Gasteiger partial charge in [0, 0.05) is 34.7 Å². The van der Waals surface area contributed by atoms with Crippen molar-refractivity contribution in [1.82, 2.24) is 37.2 Å². The Labute approximate surface area is 611 Å². The number of carbonyl (C=O) groups is 8. The molecular formula is C66H78Cl2N9O28P. The summed E-state index contributed by atoms with van der Waals surface area (Å²) in [5, 5.41) is 131. The van der Waals surface area contributed by atoms with E-state index in [-0.39, 0.29) is 46.2 Å². The zero-order valence-electron chi connectivity index (χ0n) is 56.5. The van der Waals surface area contributed by atoms with Gasteiger partial charge in [-0.2, -0.15) is 0 Å². The monoisotopic (exact) mass is 1550 g/mol. The molecule has 0 saturated carbocycles. The van der Waals surface area contributed by atoms with Crippen LogP contribution >= 0.6 is 31.0 Å². The number of benzene rings is 5. The van der Waals surface area contributed by atoms with Gasteiger partial charge in [-0.1, -0.05) is 55.2 Å². The first-order valence-corrected chi connectivity index (χ1v) is 34.7. The molecule has 11 bridgehead atoms. The number of aliphatic hydroxyl groups is 6. The molecule has 5 aromatic rings. The predicted octanol–water partition coefficient (Wildman–Crippen LogP) is -0.822. The first-order chi connectivity index (χ1) is 49.7. The van der Waals surface area contributed by atoms with E-state index in [4.69, 9.17) is 82.3 Å². The van der Waals surface area contributed by atoms with Crippen molar-refractivity contribution in [2.45, 2.75) is 156 Å². The number of aromatic hydroxyl groups is 3. The SMILES string of the molecule is CN[C@H](CC(C)C)C(=O)N[C@H]1C(=O)N[C@@H](CC(N)=O)C(=O)N[C@H]2C(=O)N[C@H]3C(=O)N[C@H](C(=O)N[C@@H](C(=O)O)c4cc(O)cc(O)c4-c4cc3ccc4O)[C@H](O)c3ccc(c(Cl)c3)Oc3cc2cc(c3O[C@@H]2O[C@H](CO)[C@@H](O)[C@H](O)[C@H]2O[C@H]2C[C@](C)(N)C(O)[C@H](C)O2)Oc2ccc(cc2Cl)[C@H]1O.O=P(O)(O)O. The summed E-state index contributed by atoms with van der Waals surface area (Å²) in [6.45, 7) is 5.66. The highest BCUT2D eigenvalue weighted by Gasteiger charge is 2.52. The molecule has 7 aliphatic heterocycles. The average molecular weight is 1550 g/mol. The number of primary amides is 1. The predicted molar refractivity (Wildman–Crippen MR) is 364 cm³/mol. The lowest BCUT2D eigenvalue weighted by molar-refractivity contribution is -0.333. The number of likely N-dealkylation sites (N-methyl/N-ethyl adjacent to an activating group) is 1. The molecule has 2 fully saturated rings. The van der Waals surface area contributed by atoms with Crippen molar-refractivity contribution in [2.24, 2.45) is 17.4 Å². The van der Waals surface area contributed by atoms with Crippen molar-refractivity contribution >= 4 is 78.3 Å². The van der Waals surface area contributed by atoms with E-state index < -0.39 is 245 Å². The number of halogens is 2. The molecule has 1 unspecified atom stereocenters. The zero-order valence-corrected chi connectivity index (χ0v) is 58.9. The number of hydrogen-bond donors (Lipinski definition) is 22. The summed E-state index contributed by atoms with van der Waals surface area (Å²) in [5.41, 5.74) is 8.00. The third-order valence-electron chi connectivity index (χ3n) is 17.8. The summed E-state index contributed by atoms with van der Waals surface area (Å²) in [7, 11) is -3.17. The lowest BCUT2D eigenvalue weighted by Crippen LogP contribution is -2.64. The number of phosphoric acid groups is 1. The summed E-state index contributed by atoms with van der Waals surface area (Å²) >= 11 is 14.1. The number of carbonyl (C=O) groups excluding carboxylic acids is 7. The van der Waals surface area contributed by atoms with Crippen LogP contribution in [0.5, 0.6) is 46.0 Å². The number of amides is 7. The molecule has 0 spiro atoms. The fraction of sp³-hybridized carbons (Fsp3) is 0.424. The number of ether oxygens (including phenoxy) is 6. The second-order valence-corrected chi connectivity index (χ2v) is 28.1. The van der Waals surface area contributed by atoms with E-state index >= 15 is 14.4 Å². The Bertz CT molecular complexity index is 4260. The molecule has 574 valence electrons. The van der Waals surface area contributed by atoms with Crippen LogP contribution in [0.2, 0.25) is 10.0 Å². The second kappa shape index (κ2) is 33.0. The number of nitrogens with two attached hydrogens (primary N) is 2. The van der Waals surface area contributed by atoms with Crippen LogP contribution in [0.15, 0.2) is 78.9 Å². The third-order valence-corrected chi connectivity index (χ3v) is 18.4. The molecule has 12 rings (SSSR count). The van der Waals surface area contributed by atoms with E-state index in [0.717, 1.165) is 66.7 Å². The van der Waals surface area contributed by atoms with E-state index in [1.165, 1.54) is 33.0 Å². The van der Waals surface area contributed by atoms with Crippen molar-refractivity contribution in [1.29, 1.82) is 0 Å². The Kier molecular flexibility index (Phi) is 25.2. The molecule has 2 saturated heterocycles. The van der Waals surface area contributed by atoms with Crippen LogP contribution in [0.4, 0.5) is 0 Å². The van der Waals surface area contributed by atoms with Crippen LogP contribution < -0.4 is 62.9 Å². The molecule has 37 nitrogen and oxygen atoms in total. The number of fused-ring (bicyclic) bond motifs is 15. The first-order valence-electron chi connectivity index (χ1n) is 32.4. The molecule has 24 N–H and O–H groups in total. The highest BCUT2D eigenvalue weighted by atomic mass is 35.5. The van der Waals surface area contributed by atoms with Crippen LogP contribution in [0, 0.1) is 5.92 Å². The zero-order chi connectivity index (χ0) is 78.0. The van der Waals surface area contributed by atoms with Crippen molar-refractivity contribution in [3.05, 3.63) is 117 Å². The van der Waals surface area contributed by atoms with Crippen molar-refractivity contribution in [3.63, 3.8) is 0 Å². The van der Waals surface area contributed by atoms with Crippen molar-refractivity contribution in [2.75, 3.05) is 13.7 Å². The molecule has 40 heteroatoms. The smallest absolute Gasteiger partial charge is 0.466 e. The summed E-state index contributed by atoms with van der Waals surface area (Å²) < 4.78 is 47.2. The minimum Gasteiger partial charge on any atom is -0.508 e. The number of carboxylic acids is 1. The van der Waals surface area contributed by atoms with E-state index in [9.17, 15) is 75.0 Å². The van der Waals surface area contributed by atoms with Gasteiger partial charge in [0.05, 0.1) is 41.3 Å². The van der Waals surface area contributed by atoms with Gasteiger partial charge in [-0.15, -0.1) is 0 Å². The topological polar surface area (TPSA) is 608 Å². The van der Waals surface area contributed by atoms with E-state index in [1.807, 2.05) is 13.8 Å². The number of nitrogens with one attached hydrogen (secondary N) is 7. The average Bonchev–Trinajstić information content (AvgIpc) is 0.767. The Morgan fingerprint density at radius 1 is 0.717 bits per heavy atom. The molecule has 0 aliphatic carbocycles. The maximum atomic E-state index is 16.0. The van der Waals surface area contributed by atoms with Gasteiger partial charge in [0.2, 0.25) is 53.4 Å². The van der Waals surface area contributed by atoms with Crippen LogP contribution in [0.1, 0.15) is 105 Å². The van der Waals surface area contributed by atoms with Gasteiger partial charge in [-0.3, -0.25) is 33.6 Å². The Hall–Kier alpha value is -9.09. The number of aliphatic hydroxyl groups excluding tert-OH is 6. The molecule has 18 atom stereocenters. The highest BCUT2D eigenvalue weighted by molar-refractivity contribution is 7.45. The summed E-state index contributed by atoms with van der Waals surface area (Å²) in [6, 6.07) is -0.679. The van der Waals surface area contributed by atoms with Gasteiger partial charge in [0.1, 0.15) is 89.5 Å². The maximum Gasteiger partial charge on any atom is 0.466 e. The largest absolute Gasteiger partial charge is 0.508 e. The fourth-order valence-corrected chi connectivity index (χ4v) is 12.9. The standard InChI is InChI=1S/C66H75Cl2N9O24.H3O4P/c1-23(2)12-34(71-5)58(88)76-49-51(83)26-7-10-38(32(67)14-26)97-40-16-28-17-41(55(40)101-65-56(54(86)53(85)42(22-78)99-65)100-44-21-66(4,70)57(87)24(3)96-44)98-39-11-8-27(15-33(39)68)52(84)50-63(93)75-48(64(94)95)31-18-29(79)19-37(81)45(31)30-13-25(6-9-36(30)80)46(60(90)77-50)74-61(91)47(28)73-59(89)35(20-43(69)82)72-62(49)92;1-5(2,3)4/h6-11,13-19,23-24,34-35,42,44,46-54,56-57,65,71,78-81,83-87H,12,20-22,70H2,1-5H3,(H2,69,82)(H,72,92)(H,73,89)(H,74,91)(H,75,93)(H,76,88)(H,77,90)(H,94,95);(H3,1,2,3,4)/t24-,34+,35-,42+,44-,46+,47+,48+,49+,50-,51+,52+,53+,54-,56+,57?,65-,66-;/m0./s1. The van der Waals surface area contributed by atoms with Crippen LogP contribution in [-0.4, -0.2) is 206 Å². The van der Waals surface area contributed by atoms with Gasteiger partial charge in [-0.25, -0.2) is 9.36 Å². The molecule has 0 aromatic heterocycles. The summed E-state index contributed by atoms with van der Waals surface area (Å²) in [4.78, 5) is 138. The number of phenolic OH excluding ortho intramolecular Hbond substituents is 3. The van der Waals surface area contributed by atoms with Crippen LogP contribution in [-0.2, 0) is 57.1 Å². The Morgan fingerprint density at radius 2 is 1.29 bits per heavy atom. The Balaban J connectivity index is 0.00000251. The van der Waals surface area contributed by atoms with Crippen molar-refractivity contribution < 1.29 is 137 Å². The number of rotatable bonds is 13. The van der Waals surface area contributed by atoms with Gasteiger partial charge in [0.25, 0.3) is 0 Å². The van der Waals surface area contributed by atoms with Crippen LogP contribution in [0.25, 0.3) is 11.1 Å². The molecule has 7 amide bonds. The fourth-order valence-electron chi connectivity index (χ4n) is 12.5. The van der Waals surface area contributed by atoms with Gasteiger partial charge >= 0.3 is 13.8 Å². The maximum absolute atomic E-state index is 16.0. The lowest BCUT2D eigenvalue weighted by atomic mass is 9.86. The summed E-state index contributed by atoms with van der Waals surface area (Å²) in [6.07, 6.45) is -18.6. The summed E-state index contributed by atoms with van der Waals surface area (Å²) in [5.74, 6) is -16.0. The number of carboxylic acid groups (broad SMARTS) is 1. The molecule has 7 aliphatic rings. The number of aliphatic carboxylic acids is 1. The quantitative estimate of drug-likeness (QED) is 0.0640. The highest BCUT2D eigenvalue weighted by Crippen LogP contribution is 2.50. The lowest BCUT2D eigenvalue weighted by Gasteiger charge is -2.47. The molecule has 5 aromatic carbocycles. The van der Waals surface area contributed by atoms with E-state index in [0.29, 0.717) is 0 Å². The minimum absolute atomic E-state index is 0.0975. The molecular weight excluding hydrogens is 1470 g/mol. The Morgan fingerprint density at radius 3 is 1.85 bits per heavy atom. The normalized spacial score (nSPS) is 28.6. The van der Waals surface area contributed by atoms with Gasteiger partial charge < -0.3 is 143 Å².